The van der Waals surface area contributed by atoms with E-state index in [0.29, 0.717) is 4.90 Å². The Kier molecular flexibility index (Phi) is 5.56. The van der Waals surface area contributed by atoms with E-state index in [2.05, 4.69) is 5.32 Å². The predicted octanol–water partition coefficient (Wildman–Crippen LogP) is 2.85. The van der Waals surface area contributed by atoms with Gasteiger partial charge in [0.05, 0.1) is 10.1 Å². The third kappa shape index (κ3) is 3.57. The summed E-state index contributed by atoms with van der Waals surface area (Å²) < 4.78 is 25.5. The molecule has 3 nitrogen and oxygen atoms in total. The molecule has 0 spiro atoms. The molecule has 0 radical (unpaired) electrons. The smallest absolute Gasteiger partial charge is 0.182 e. The molecule has 2 atom stereocenters. The number of hydrogen-bond donors (Lipinski definition) is 1. The first kappa shape index (κ1) is 16.2. The van der Waals surface area contributed by atoms with Crippen LogP contribution >= 0.6 is 0 Å². The minimum Gasteiger partial charge on any atom is -0.313 e. The van der Waals surface area contributed by atoms with Crippen LogP contribution in [0.2, 0.25) is 0 Å². The average Bonchev–Trinajstić information content (AvgIpc) is 2.37. The quantitative estimate of drug-likeness (QED) is 0.873. The first-order valence-electron chi connectivity index (χ1n) is 6.89. The fourth-order valence-electron chi connectivity index (χ4n) is 2.33. The molecule has 0 aliphatic rings. The molecule has 0 aliphatic carbocycles. The lowest BCUT2D eigenvalue weighted by molar-refractivity contribution is 0.483. The van der Waals surface area contributed by atoms with Crippen LogP contribution in [0.15, 0.2) is 23.1 Å². The maximum atomic E-state index is 12.7. The van der Waals surface area contributed by atoms with Crippen LogP contribution in [0.1, 0.15) is 38.3 Å². The number of benzene rings is 1. The Morgan fingerprint density at radius 1 is 1.21 bits per heavy atom. The molecule has 0 bridgehead atoms. The highest BCUT2D eigenvalue weighted by Gasteiger charge is 2.30. The summed E-state index contributed by atoms with van der Waals surface area (Å²) in [7, 11) is -3.29. The molecule has 0 saturated carbocycles. The second-order valence-corrected chi connectivity index (χ2v) is 7.36. The van der Waals surface area contributed by atoms with Gasteiger partial charge in [-0.2, -0.15) is 0 Å². The number of hydrogen-bond acceptors (Lipinski definition) is 3. The van der Waals surface area contributed by atoms with Gasteiger partial charge in [0.15, 0.2) is 9.84 Å². The summed E-state index contributed by atoms with van der Waals surface area (Å²) in [6.45, 7) is 10.4. The highest BCUT2D eigenvalue weighted by Crippen LogP contribution is 2.24. The van der Waals surface area contributed by atoms with Crippen molar-refractivity contribution in [2.75, 3.05) is 6.54 Å². The summed E-state index contributed by atoms with van der Waals surface area (Å²) in [5.74, 6) is 0. The molecule has 0 heterocycles. The van der Waals surface area contributed by atoms with Crippen molar-refractivity contribution < 1.29 is 8.42 Å². The minimum absolute atomic E-state index is 0.00471. The molecule has 0 saturated heterocycles. The molecule has 19 heavy (non-hydrogen) atoms. The van der Waals surface area contributed by atoms with E-state index in [1.165, 1.54) is 0 Å². The van der Waals surface area contributed by atoms with Crippen LogP contribution in [0.25, 0.3) is 0 Å². The summed E-state index contributed by atoms with van der Waals surface area (Å²) in [5, 5.41) is 2.84. The highest BCUT2D eigenvalue weighted by atomic mass is 32.2. The Hall–Kier alpha value is -0.870. The van der Waals surface area contributed by atoms with Crippen molar-refractivity contribution in [1.29, 1.82) is 0 Å². The van der Waals surface area contributed by atoms with Crippen molar-refractivity contribution in [1.82, 2.24) is 5.32 Å². The van der Waals surface area contributed by atoms with E-state index in [0.717, 1.165) is 24.1 Å². The summed E-state index contributed by atoms with van der Waals surface area (Å²) in [6, 6.07) is 5.60. The second-order valence-electron chi connectivity index (χ2n) is 5.09. The van der Waals surface area contributed by atoms with Crippen LogP contribution in [0, 0.1) is 13.8 Å². The molecule has 1 aromatic carbocycles. The van der Waals surface area contributed by atoms with Crippen molar-refractivity contribution in [3.63, 3.8) is 0 Å². The SMILES string of the molecule is CCNC(CC)C(C)S(=O)(=O)c1cc(C)ccc1C. The molecule has 0 aromatic heterocycles. The van der Waals surface area contributed by atoms with Gasteiger partial charge < -0.3 is 5.32 Å². The minimum atomic E-state index is -3.29. The number of rotatable bonds is 6. The van der Waals surface area contributed by atoms with Gasteiger partial charge in [0.1, 0.15) is 0 Å². The van der Waals surface area contributed by atoms with Crippen LogP contribution in [-0.4, -0.2) is 26.3 Å². The zero-order chi connectivity index (χ0) is 14.6. The molecule has 4 heteroatoms. The first-order valence-corrected chi connectivity index (χ1v) is 8.43. The van der Waals surface area contributed by atoms with Gasteiger partial charge in [-0.05, 0) is 50.9 Å². The van der Waals surface area contributed by atoms with E-state index in [1.54, 1.807) is 13.0 Å². The number of sulfone groups is 1. The fourth-order valence-corrected chi connectivity index (χ4v) is 4.32. The lowest BCUT2D eigenvalue weighted by Gasteiger charge is -2.24. The van der Waals surface area contributed by atoms with E-state index < -0.39 is 15.1 Å². The van der Waals surface area contributed by atoms with E-state index >= 15 is 0 Å². The second kappa shape index (κ2) is 6.53. The number of aryl methyl sites for hydroxylation is 2. The molecule has 0 aliphatic heterocycles. The van der Waals surface area contributed by atoms with Crippen LogP contribution in [0.5, 0.6) is 0 Å². The highest BCUT2D eigenvalue weighted by molar-refractivity contribution is 7.92. The van der Waals surface area contributed by atoms with Crippen molar-refractivity contribution in [3.8, 4) is 0 Å². The molecular formula is C15H25NO2S. The van der Waals surface area contributed by atoms with Crippen LogP contribution in [0.3, 0.4) is 0 Å². The van der Waals surface area contributed by atoms with Gasteiger partial charge in [-0.1, -0.05) is 26.0 Å². The summed E-state index contributed by atoms with van der Waals surface area (Å²) in [6.07, 6.45) is 0.805. The van der Waals surface area contributed by atoms with Gasteiger partial charge in [0.2, 0.25) is 0 Å². The van der Waals surface area contributed by atoms with Crippen molar-refractivity contribution in [3.05, 3.63) is 29.3 Å². The third-order valence-corrected chi connectivity index (χ3v) is 5.97. The Morgan fingerprint density at radius 2 is 1.84 bits per heavy atom. The maximum absolute atomic E-state index is 12.7. The predicted molar refractivity (Wildman–Crippen MR) is 80.3 cm³/mol. The summed E-state index contributed by atoms with van der Waals surface area (Å²) in [4.78, 5) is 0.469. The largest absolute Gasteiger partial charge is 0.313 e. The fraction of sp³-hybridized carbons (Fsp3) is 0.600. The Bertz CT molecular complexity index is 523. The lowest BCUT2D eigenvalue weighted by atomic mass is 10.1. The topological polar surface area (TPSA) is 46.2 Å². The molecule has 2 unspecified atom stereocenters. The van der Waals surface area contributed by atoms with Crippen molar-refractivity contribution in [2.45, 2.75) is 57.2 Å². The van der Waals surface area contributed by atoms with Crippen LogP contribution in [0.4, 0.5) is 0 Å². The van der Waals surface area contributed by atoms with E-state index in [1.807, 2.05) is 39.8 Å². The molecular weight excluding hydrogens is 258 g/mol. The van der Waals surface area contributed by atoms with Gasteiger partial charge in [0, 0.05) is 6.04 Å². The molecule has 108 valence electrons. The van der Waals surface area contributed by atoms with Gasteiger partial charge in [-0.3, -0.25) is 0 Å². The van der Waals surface area contributed by atoms with Crippen LogP contribution < -0.4 is 5.32 Å². The van der Waals surface area contributed by atoms with Crippen molar-refractivity contribution in [2.24, 2.45) is 0 Å². The Balaban J connectivity index is 3.19. The van der Waals surface area contributed by atoms with E-state index in [-0.39, 0.29) is 6.04 Å². The van der Waals surface area contributed by atoms with Gasteiger partial charge in [-0.15, -0.1) is 0 Å². The number of nitrogens with one attached hydrogen (secondary N) is 1. The summed E-state index contributed by atoms with van der Waals surface area (Å²) >= 11 is 0. The normalized spacial score (nSPS) is 15.2. The Morgan fingerprint density at radius 3 is 2.37 bits per heavy atom. The monoisotopic (exact) mass is 283 g/mol. The van der Waals surface area contributed by atoms with Gasteiger partial charge in [0.25, 0.3) is 0 Å². The van der Waals surface area contributed by atoms with Gasteiger partial charge in [-0.25, -0.2) is 8.42 Å². The van der Waals surface area contributed by atoms with Crippen molar-refractivity contribution >= 4 is 9.84 Å². The zero-order valence-corrected chi connectivity index (χ0v) is 13.3. The van der Waals surface area contributed by atoms with Gasteiger partial charge >= 0.3 is 0 Å². The van der Waals surface area contributed by atoms with Crippen LogP contribution in [-0.2, 0) is 9.84 Å². The molecule has 0 amide bonds. The summed E-state index contributed by atoms with van der Waals surface area (Å²) in [5.41, 5.74) is 1.80. The standard InChI is InChI=1S/C15H25NO2S/c1-6-14(16-7-2)13(5)19(17,18)15-10-11(3)8-9-12(15)4/h8-10,13-14,16H,6-7H2,1-5H3. The average molecular weight is 283 g/mol. The van der Waals surface area contributed by atoms with E-state index in [4.69, 9.17) is 0 Å². The first-order chi connectivity index (χ1) is 8.84. The lowest BCUT2D eigenvalue weighted by Crippen LogP contribution is -2.42. The molecule has 1 rings (SSSR count). The van der Waals surface area contributed by atoms with E-state index in [9.17, 15) is 8.42 Å². The third-order valence-electron chi connectivity index (χ3n) is 3.61. The Labute approximate surface area is 117 Å². The molecule has 1 N–H and O–H groups in total. The zero-order valence-electron chi connectivity index (χ0n) is 12.5. The maximum Gasteiger partial charge on any atom is 0.182 e. The molecule has 1 aromatic rings. The molecule has 0 fully saturated rings.